The van der Waals surface area contributed by atoms with Crippen LogP contribution in [0.15, 0.2) is 52.5 Å². The zero-order valence-electron chi connectivity index (χ0n) is 11.6. The number of hydrogen-bond acceptors (Lipinski definition) is 2. The zero-order valence-corrected chi connectivity index (χ0v) is 12.4. The number of methoxy groups -OCH3 is 1. The van der Waals surface area contributed by atoms with E-state index >= 15 is 0 Å². The number of hydrogen-bond donors (Lipinski definition) is 0. The monoisotopic (exact) mass is 300 g/mol. The van der Waals surface area contributed by atoms with Gasteiger partial charge in [-0.3, -0.25) is 0 Å². The fourth-order valence-corrected chi connectivity index (χ4v) is 3.00. The maximum atomic E-state index is 13.0. The first kappa shape index (κ1) is 16.6. The van der Waals surface area contributed by atoms with E-state index in [1.165, 1.54) is 7.11 Å². The van der Waals surface area contributed by atoms with Crippen molar-refractivity contribution in [3.63, 3.8) is 0 Å². The van der Waals surface area contributed by atoms with Crippen LogP contribution in [-0.4, -0.2) is 17.7 Å². The predicted octanol–water partition coefficient (Wildman–Crippen LogP) is 4.19. The van der Waals surface area contributed by atoms with Crippen molar-refractivity contribution < 1.29 is 17.7 Å². The summed E-state index contributed by atoms with van der Waals surface area (Å²) in [5, 5.41) is 0. The Balaban J connectivity index is 3.19. The molecule has 5 heteroatoms. The molecule has 0 amide bonds. The quantitative estimate of drug-likeness (QED) is 0.557. The van der Waals surface area contributed by atoms with Gasteiger partial charge in [0, 0.05) is 4.90 Å². The standard InChI is InChI=1S/C15H18F2O2S/c1-4-5-6-13(14(19-3)15(16)17)20(18)12-9-7-11(2)8-10-12/h4,7-10,15H,1,5-6H2,2-3H3/b14-13-. The van der Waals surface area contributed by atoms with E-state index in [9.17, 15) is 13.0 Å². The topological polar surface area (TPSA) is 26.3 Å². The average Bonchev–Trinajstić information content (AvgIpc) is 2.43. The molecular weight excluding hydrogens is 282 g/mol. The Hall–Kier alpha value is -1.49. The van der Waals surface area contributed by atoms with E-state index < -0.39 is 23.0 Å². The number of alkyl halides is 2. The lowest BCUT2D eigenvalue weighted by Gasteiger charge is -2.13. The van der Waals surface area contributed by atoms with Gasteiger partial charge in [-0.2, -0.15) is 0 Å². The highest BCUT2D eigenvalue weighted by atomic mass is 32.2. The number of halogens is 2. The highest BCUT2D eigenvalue weighted by Gasteiger charge is 2.22. The molecule has 0 aliphatic rings. The van der Waals surface area contributed by atoms with Gasteiger partial charge in [-0.15, -0.1) is 6.58 Å². The fourth-order valence-electron chi connectivity index (χ4n) is 1.67. The maximum absolute atomic E-state index is 13.0. The van der Waals surface area contributed by atoms with Gasteiger partial charge < -0.3 is 4.74 Å². The minimum absolute atomic E-state index is 0.117. The van der Waals surface area contributed by atoms with E-state index in [0.717, 1.165) is 5.56 Å². The molecule has 1 unspecified atom stereocenters. The number of aryl methyl sites for hydroxylation is 1. The minimum atomic E-state index is -2.78. The molecule has 0 fully saturated rings. The lowest BCUT2D eigenvalue weighted by atomic mass is 10.2. The second-order valence-electron chi connectivity index (χ2n) is 4.20. The Morgan fingerprint density at radius 2 is 2.00 bits per heavy atom. The van der Waals surface area contributed by atoms with Crippen molar-refractivity contribution in [3.8, 4) is 0 Å². The molecule has 0 saturated heterocycles. The molecule has 0 aliphatic heterocycles. The van der Waals surface area contributed by atoms with Gasteiger partial charge in [0.2, 0.25) is 0 Å². The Labute approximate surface area is 120 Å². The minimum Gasteiger partial charge on any atom is -0.494 e. The SMILES string of the molecule is C=CCC/C(=C(/OC)C(F)F)S(=O)c1ccc(C)cc1. The van der Waals surface area contributed by atoms with Crippen LogP contribution in [0.4, 0.5) is 8.78 Å². The van der Waals surface area contributed by atoms with Gasteiger partial charge in [0.25, 0.3) is 6.43 Å². The Kier molecular flexibility index (Phi) is 6.58. The molecule has 0 aromatic heterocycles. The zero-order chi connectivity index (χ0) is 15.1. The largest absolute Gasteiger partial charge is 0.494 e. The number of rotatable bonds is 7. The average molecular weight is 300 g/mol. The van der Waals surface area contributed by atoms with Crippen LogP contribution in [0.3, 0.4) is 0 Å². The molecule has 0 aliphatic carbocycles. The maximum Gasteiger partial charge on any atom is 0.295 e. The fraction of sp³-hybridized carbons (Fsp3) is 0.333. The van der Waals surface area contributed by atoms with E-state index in [-0.39, 0.29) is 11.3 Å². The molecule has 1 atom stereocenters. The molecule has 1 aromatic carbocycles. The molecule has 20 heavy (non-hydrogen) atoms. The van der Waals surface area contributed by atoms with Crippen LogP contribution in [0.25, 0.3) is 0 Å². The van der Waals surface area contributed by atoms with Gasteiger partial charge in [0.15, 0.2) is 5.76 Å². The van der Waals surface area contributed by atoms with E-state index in [4.69, 9.17) is 4.74 Å². The molecule has 110 valence electrons. The third-order valence-corrected chi connectivity index (χ3v) is 4.28. The molecule has 0 N–H and O–H groups in total. The molecule has 0 spiro atoms. The Morgan fingerprint density at radius 3 is 2.45 bits per heavy atom. The third-order valence-electron chi connectivity index (χ3n) is 2.73. The van der Waals surface area contributed by atoms with E-state index in [0.29, 0.717) is 11.3 Å². The summed E-state index contributed by atoms with van der Waals surface area (Å²) in [5.41, 5.74) is 1.02. The summed E-state index contributed by atoms with van der Waals surface area (Å²) in [6, 6.07) is 6.95. The van der Waals surface area contributed by atoms with Crippen molar-refractivity contribution in [2.45, 2.75) is 31.1 Å². The molecule has 1 aromatic rings. The summed E-state index contributed by atoms with van der Waals surface area (Å²) in [6.45, 7) is 5.46. The summed E-state index contributed by atoms with van der Waals surface area (Å²) in [4.78, 5) is 0.608. The summed E-state index contributed by atoms with van der Waals surface area (Å²) < 4.78 is 43.2. The smallest absolute Gasteiger partial charge is 0.295 e. The van der Waals surface area contributed by atoms with Crippen LogP contribution in [0.1, 0.15) is 18.4 Å². The lowest BCUT2D eigenvalue weighted by Crippen LogP contribution is -2.09. The first-order chi connectivity index (χ1) is 9.51. The highest BCUT2D eigenvalue weighted by molar-refractivity contribution is 7.89. The van der Waals surface area contributed by atoms with Crippen LogP contribution in [0.5, 0.6) is 0 Å². The molecule has 0 radical (unpaired) electrons. The van der Waals surface area contributed by atoms with Gasteiger partial charge in [-0.05, 0) is 31.9 Å². The summed E-state index contributed by atoms with van der Waals surface area (Å²) in [7, 11) is -0.486. The van der Waals surface area contributed by atoms with Crippen molar-refractivity contribution in [3.05, 3.63) is 53.1 Å². The van der Waals surface area contributed by atoms with Gasteiger partial charge in [-0.25, -0.2) is 13.0 Å². The summed E-state index contributed by atoms with van der Waals surface area (Å²) >= 11 is 0. The summed E-state index contributed by atoms with van der Waals surface area (Å²) in [6.07, 6.45) is -0.482. The van der Waals surface area contributed by atoms with Gasteiger partial charge in [-0.1, -0.05) is 23.8 Å². The van der Waals surface area contributed by atoms with Crippen LogP contribution >= 0.6 is 0 Å². The predicted molar refractivity (Wildman–Crippen MR) is 77.1 cm³/mol. The summed E-state index contributed by atoms with van der Waals surface area (Å²) in [5.74, 6) is -0.509. The van der Waals surface area contributed by atoms with Crippen molar-refractivity contribution in [2.24, 2.45) is 0 Å². The number of benzene rings is 1. The number of allylic oxidation sites excluding steroid dienone is 3. The molecular formula is C15H18F2O2S. The van der Waals surface area contributed by atoms with Crippen molar-refractivity contribution in [2.75, 3.05) is 7.11 Å². The van der Waals surface area contributed by atoms with Crippen molar-refractivity contribution in [1.29, 1.82) is 0 Å². The second kappa shape index (κ2) is 7.94. The van der Waals surface area contributed by atoms with Crippen molar-refractivity contribution >= 4 is 10.8 Å². The van der Waals surface area contributed by atoms with Gasteiger partial charge >= 0.3 is 0 Å². The van der Waals surface area contributed by atoms with E-state index in [1.807, 2.05) is 6.92 Å². The molecule has 1 rings (SSSR count). The van der Waals surface area contributed by atoms with E-state index in [2.05, 4.69) is 6.58 Å². The first-order valence-corrected chi connectivity index (χ1v) is 7.30. The molecule has 0 saturated carbocycles. The Bertz CT molecular complexity index is 507. The van der Waals surface area contributed by atoms with E-state index in [1.54, 1.807) is 30.3 Å². The lowest BCUT2D eigenvalue weighted by molar-refractivity contribution is 0.104. The molecule has 2 nitrogen and oxygen atoms in total. The van der Waals surface area contributed by atoms with Crippen LogP contribution < -0.4 is 0 Å². The first-order valence-electron chi connectivity index (χ1n) is 6.15. The third kappa shape index (κ3) is 4.27. The number of ether oxygens (including phenoxy) is 1. The van der Waals surface area contributed by atoms with Crippen LogP contribution in [-0.2, 0) is 15.5 Å². The van der Waals surface area contributed by atoms with Crippen molar-refractivity contribution in [1.82, 2.24) is 0 Å². The van der Waals surface area contributed by atoms with Crippen LogP contribution in [0, 0.1) is 6.92 Å². The van der Waals surface area contributed by atoms with Crippen LogP contribution in [0.2, 0.25) is 0 Å². The van der Waals surface area contributed by atoms with Gasteiger partial charge in [0.05, 0.1) is 22.8 Å². The second-order valence-corrected chi connectivity index (χ2v) is 5.70. The molecule has 0 heterocycles. The molecule has 0 bridgehead atoms. The normalized spacial score (nSPS) is 13.8. The van der Waals surface area contributed by atoms with Gasteiger partial charge in [0.1, 0.15) is 0 Å². The highest BCUT2D eigenvalue weighted by Crippen LogP contribution is 2.26. The Morgan fingerprint density at radius 1 is 1.40 bits per heavy atom.